The molecule has 0 amide bonds. The van der Waals surface area contributed by atoms with Crippen LogP contribution in [0.15, 0.2) is 0 Å². The number of halogens is 5. The highest BCUT2D eigenvalue weighted by atomic mass is 35.5. The molecule has 0 saturated carbocycles. The normalized spacial score (nSPS) is 10.3. The lowest BCUT2D eigenvalue weighted by Crippen LogP contribution is -1.82. The first kappa shape index (κ1) is 9.40. The van der Waals surface area contributed by atoms with E-state index in [1.165, 1.54) is 0 Å². The molecule has 0 atom stereocenters. The summed E-state index contributed by atoms with van der Waals surface area (Å²) in [4.78, 5) is 0. The minimum Gasteiger partial charge on any atom is -0.204 e. The summed E-state index contributed by atoms with van der Waals surface area (Å²) in [6.45, 7) is 0. The number of benzene rings is 1. The molecule has 0 heterocycles. The van der Waals surface area contributed by atoms with E-state index in [1.54, 1.807) is 0 Å². The van der Waals surface area contributed by atoms with Gasteiger partial charge in [0.05, 0.1) is 20.1 Å². The highest BCUT2D eigenvalue weighted by Gasteiger charge is 2.13. The van der Waals surface area contributed by atoms with E-state index in [4.69, 9.17) is 46.4 Å². The van der Waals surface area contributed by atoms with Crippen molar-refractivity contribution in [2.75, 3.05) is 0 Å². The van der Waals surface area contributed by atoms with Crippen LogP contribution in [0.3, 0.4) is 0 Å². The zero-order valence-electron chi connectivity index (χ0n) is 4.89. The van der Waals surface area contributed by atoms with Crippen molar-refractivity contribution in [1.29, 1.82) is 0 Å². The van der Waals surface area contributed by atoms with Crippen molar-refractivity contribution in [2.45, 2.75) is 0 Å². The molecule has 5 heteroatoms. The van der Waals surface area contributed by atoms with E-state index in [-0.39, 0.29) is 20.1 Å². The molecule has 0 bridgehead atoms. The molecule has 0 unspecified atom stereocenters. The molecule has 0 aromatic heterocycles. The summed E-state index contributed by atoms with van der Waals surface area (Å²) in [7, 11) is 0. The highest BCUT2D eigenvalue weighted by molar-refractivity contribution is 6.47. The standard InChI is InChI=1S/C6Cl4F/c7-2-1-3(8)5(10)6(11)4(2)9. The Labute approximate surface area is 82.8 Å². The van der Waals surface area contributed by atoms with Gasteiger partial charge in [-0.2, -0.15) is 0 Å². The van der Waals surface area contributed by atoms with Gasteiger partial charge >= 0.3 is 0 Å². The summed E-state index contributed by atoms with van der Waals surface area (Å²) in [5, 5.41) is -0.667. The van der Waals surface area contributed by atoms with Crippen LogP contribution >= 0.6 is 46.4 Å². The molecule has 59 valence electrons. The van der Waals surface area contributed by atoms with Gasteiger partial charge < -0.3 is 0 Å². The Hall–Kier alpha value is 0.310. The van der Waals surface area contributed by atoms with E-state index in [0.29, 0.717) is 0 Å². The van der Waals surface area contributed by atoms with Gasteiger partial charge in [0.2, 0.25) is 0 Å². The Morgan fingerprint density at radius 3 is 1.64 bits per heavy atom. The SMILES string of the molecule is Fc1c(Cl)c(Cl)[c]c(Cl)c1Cl. The third-order valence-electron chi connectivity index (χ3n) is 0.990. The average molecular weight is 233 g/mol. The van der Waals surface area contributed by atoms with Crippen LogP contribution in [0.25, 0.3) is 0 Å². The first-order valence-electron chi connectivity index (χ1n) is 2.44. The molecule has 0 fully saturated rings. The molecule has 0 aliphatic carbocycles. The van der Waals surface area contributed by atoms with Gasteiger partial charge in [0.1, 0.15) is 0 Å². The molecular formula is C6Cl4F. The van der Waals surface area contributed by atoms with Gasteiger partial charge in [0.25, 0.3) is 0 Å². The van der Waals surface area contributed by atoms with Gasteiger partial charge in [-0.25, -0.2) is 4.39 Å². The van der Waals surface area contributed by atoms with E-state index < -0.39 is 5.82 Å². The fourth-order valence-electron chi connectivity index (χ4n) is 0.495. The molecule has 0 aliphatic rings. The van der Waals surface area contributed by atoms with Crippen LogP contribution in [0.1, 0.15) is 0 Å². The Morgan fingerprint density at radius 1 is 0.909 bits per heavy atom. The fraction of sp³-hybridized carbons (Fsp3) is 0. The number of rotatable bonds is 0. The minimum absolute atomic E-state index is 0.0708. The molecule has 11 heavy (non-hydrogen) atoms. The lowest BCUT2D eigenvalue weighted by Gasteiger charge is -2.00. The monoisotopic (exact) mass is 231 g/mol. The predicted molar refractivity (Wildman–Crippen MR) is 45.3 cm³/mol. The maximum atomic E-state index is 12.8. The van der Waals surface area contributed by atoms with Crippen LogP contribution in [-0.2, 0) is 0 Å². The molecule has 0 aliphatic heterocycles. The lowest BCUT2D eigenvalue weighted by atomic mass is 10.3. The van der Waals surface area contributed by atoms with Crippen LogP contribution in [-0.4, -0.2) is 0 Å². The van der Waals surface area contributed by atoms with Crippen molar-refractivity contribution in [3.8, 4) is 0 Å². The molecule has 1 rings (SSSR count). The average Bonchev–Trinajstić information content (AvgIpc) is 1.97. The molecule has 0 spiro atoms. The lowest BCUT2D eigenvalue weighted by molar-refractivity contribution is 0.629. The Bertz CT molecular complexity index is 271. The van der Waals surface area contributed by atoms with Crippen molar-refractivity contribution < 1.29 is 4.39 Å². The zero-order valence-corrected chi connectivity index (χ0v) is 7.91. The summed E-state index contributed by atoms with van der Waals surface area (Å²) in [6, 6.07) is 2.37. The van der Waals surface area contributed by atoms with Gasteiger partial charge in [-0.05, 0) is 0 Å². The number of hydrogen-bond acceptors (Lipinski definition) is 0. The molecule has 1 aromatic carbocycles. The topological polar surface area (TPSA) is 0 Å². The third-order valence-corrected chi connectivity index (χ3v) is 2.46. The number of hydrogen-bond donors (Lipinski definition) is 0. The smallest absolute Gasteiger partial charge is 0.163 e. The van der Waals surface area contributed by atoms with Crippen LogP contribution in [0, 0.1) is 11.9 Å². The summed E-state index contributed by atoms with van der Waals surface area (Å²) < 4.78 is 12.8. The summed E-state index contributed by atoms with van der Waals surface area (Å²) >= 11 is 21.6. The van der Waals surface area contributed by atoms with Crippen LogP contribution in [0.5, 0.6) is 0 Å². The van der Waals surface area contributed by atoms with E-state index in [0.717, 1.165) is 0 Å². The summed E-state index contributed by atoms with van der Waals surface area (Å²) in [5.41, 5.74) is 0. The Morgan fingerprint density at radius 2 is 1.27 bits per heavy atom. The fourth-order valence-corrected chi connectivity index (χ4v) is 1.23. The van der Waals surface area contributed by atoms with Gasteiger partial charge in [0.15, 0.2) is 5.82 Å². The maximum Gasteiger partial charge on any atom is 0.163 e. The van der Waals surface area contributed by atoms with Gasteiger partial charge in [-0.1, -0.05) is 46.4 Å². The summed E-state index contributed by atoms with van der Waals surface area (Å²) in [5.74, 6) is -0.818. The second kappa shape index (κ2) is 3.36. The second-order valence-electron chi connectivity index (χ2n) is 1.69. The van der Waals surface area contributed by atoms with Gasteiger partial charge in [0, 0.05) is 6.07 Å². The first-order valence-corrected chi connectivity index (χ1v) is 3.96. The summed E-state index contributed by atoms with van der Waals surface area (Å²) in [6.07, 6.45) is 0. The van der Waals surface area contributed by atoms with E-state index >= 15 is 0 Å². The quantitative estimate of drug-likeness (QED) is 0.464. The predicted octanol–water partition coefficient (Wildman–Crippen LogP) is 4.24. The van der Waals surface area contributed by atoms with E-state index in [9.17, 15) is 4.39 Å². The molecular weight excluding hydrogens is 233 g/mol. The third kappa shape index (κ3) is 1.73. The molecule has 1 radical (unpaired) electrons. The van der Waals surface area contributed by atoms with Crippen LogP contribution in [0.2, 0.25) is 20.1 Å². The first-order chi connectivity index (χ1) is 5.04. The molecule has 1 aromatic rings. The van der Waals surface area contributed by atoms with Crippen molar-refractivity contribution in [2.24, 2.45) is 0 Å². The second-order valence-corrected chi connectivity index (χ2v) is 3.21. The van der Waals surface area contributed by atoms with Crippen molar-refractivity contribution in [3.05, 3.63) is 32.0 Å². The molecule has 0 nitrogen and oxygen atoms in total. The van der Waals surface area contributed by atoms with Crippen molar-refractivity contribution in [3.63, 3.8) is 0 Å². The van der Waals surface area contributed by atoms with E-state index in [1.807, 2.05) is 0 Å². The van der Waals surface area contributed by atoms with E-state index in [2.05, 4.69) is 6.07 Å². The van der Waals surface area contributed by atoms with Crippen molar-refractivity contribution in [1.82, 2.24) is 0 Å². The largest absolute Gasteiger partial charge is 0.204 e. The Kier molecular flexibility index (Phi) is 2.87. The minimum atomic E-state index is -0.818. The van der Waals surface area contributed by atoms with Crippen molar-refractivity contribution >= 4 is 46.4 Å². The highest BCUT2D eigenvalue weighted by Crippen LogP contribution is 2.34. The van der Waals surface area contributed by atoms with Crippen LogP contribution in [0.4, 0.5) is 4.39 Å². The van der Waals surface area contributed by atoms with Gasteiger partial charge in [-0.3, -0.25) is 0 Å². The van der Waals surface area contributed by atoms with Crippen LogP contribution < -0.4 is 0 Å². The molecule has 0 saturated heterocycles. The zero-order chi connectivity index (χ0) is 8.59. The Balaban J connectivity index is 3.46. The molecule has 0 N–H and O–H groups in total. The maximum absolute atomic E-state index is 12.8. The van der Waals surface area contributed by atoms with Gasteiger partial charge in [-0.15, -0.1) is 0 Å².